The van der Waals surface area contributed by atoms with Crippen molar-refractivity contribution in [2.45, 2.75) is 57.5 Å². The molecule has 2 aromatic heterocycles. The van der Waals surface area contributed by atoms with Gasteiger partial charge in [0.2, 0.25) is 0 Å². The second-order valence-corrected chi connectivity index (χ2v) is 9.40. The normalized spacial score (nSPS) is 16.0. The monoisotopic (exact) mass is 469 g/mol. The number of aryl methyl sites for hydroxylation is 1. The molecule has 0 saturated carbocycles. The molecule has 176 valence electrons. The first-order valence-corrected chi connectivity index (χ1v) is 12.4. The van der Waals surface area contributed by atoms with Crippen molar-refractivity contribution in [3.8, 4) is 0 Å². The minimum atomic E-state index is -0.0811. The maximum absolute atomic E-state index is 13.2. The molecule has 0 N–H and O–H groups in total. The van der Waals surface area contributed by atoms with E-state index in [9.17, 15) is 9.59 Å². The Morgan fingerprint density at radius 1 is 1.27 bits per heavy atom. The van der Waals surface area contributed by atoms with Crippen LogP contribution in [0.2, 0.25) is 0 Å². The molecule has 1 aliphatic rings. The van der Waals surface area contributed by atoms with Crippen molar-refractivity contribution in [2.24, 2.45) is 0 Å². The average molecular weight is 470 g/mol. The highest BCUT2D eigenvalue weighted by atomic mass is 32.2. The van der Waals surface area contributed by atoms with Crippen molar-refractivity contribution in [3.05, 3.63) is 57.6 Å². The Hall–Kier alpha value is -2.42. The van der Waals surface area contributed by atoms with Gasteiger partial charge in [-0.15, -0.1) is 0 Å². The van der Waals surface area contributed by atoms with Crippen molar-refractivity contribution < 1.29 is 14.3 Å². The van der Waals surface area contributed by atoms with Crippen LogP contribution in [-0.2, 0) is 22.6 Å². The molecule has 3 heterocycles. The fourth-order valence-electron chi connectivity index (χ4n) is 4.41. The molecule has 7 nitrogen and oxygen atoms in total. The lowest BCUT2D eigenvalue weighted by Gasteiger charge is -2.16. The molecule has 0 radical (unpaired) electrons. The van der Waals surface area contributed by atoms with Crippen molar-refractivity contribution in [1.82, 2.24) is 14.1 Å². The summed E-state index contributed by atoms with van der Waals surface area (Å²) < 4.78 is 14.8. The number of hydrogen-bond donors (Lipinski definition) is 0. The first-order valence-electron chi connectivity index (χ1n) is 11.4. The van der Waals surface area contributed by atoms with Gasteiger partial charge in [0.25, 0.3) is 5.56 Å². The van der Waals surface area contributed by atoms with Gasteiger partial charge in [0.05, 0.1) is 29.3 Å². The summed E-state index contributed by atoms with van der Waals surface area (Å²) in [5.74, 6) is 0.260. The zero-order valence-corrected chi connectivity index (χ0v) is 20.3. The molecule has 0 bridgehead atoms. The van der Waals surface area contributed by atoms with Crippen LogP contribution in [0.25, 0.3) is 10.9 Å². The number of ether oxygens (including phenoxy) is 2. The number of methoxy groups -OCH3 is 1. The number of rotatable bonds is 10. The van der Waals surface area contributed by atoms with Gasteiger partial charge in [-0.2, -0.15) is 0 Å². The van der Waals surface area contributed by atoms with E-state index in [-0.39, 0.29) is 23.2 Å². The van der Waals surface area contributed by atoms with Crippen molar-refractivity contribution in [3.63, 3.8) is 0 Å². The molecule has 1 saturated heterocycles. The average Bonchev–Trinajstić information content (AvgIpc) is 3.43. The molecule has 1 aliphatic heterocycles. The fraction of sp³-hybridized carbons (Fsp3) is 0.480. The Morgan fingerprint density at radius 2 is 2.09 bits per heavy atom. The molecule has 3 aromatic rings. The topological polar surface area (TPSA) is 75.4 Å². The number of carbonyl (C=O) groups is 1. The maximum Gasteiger partial charge on any atom is 0.262 e. The Morgan fingerprint density at radius 3 is 2.85 bits per heavy atom. The molecular weight excluding hydrogens is 438 g/mol. The molecule has 0 spiro atoms. The molecule has 1 atom stereocenters. The second kappa shape index (κ2) is 10.7. The molecule has 0 aliphatic carbocycles. The number of fused-ring (bicyclic) bond motifs is 1. The minimum Gasteiger partial charge on any atom is -0.385 e. The highest BCUT2D eigenvalue weighted by Crippen LogP contribution is 2.24. The summed E-state index contributed by atoms with van der Waals surface area (Å²) in [5.41, 5.74) is 3.33. The van der Waals surface area contributed by atoms with E-state index in [1.54, 1.807) is 17.7 Å². The van der Waals surface area contributed by atoms with Crippen molar-refractivity contribution >= 4 is 28.4 Å². The van der Waals surface area contributed by atoms with E-state index in [0.29, 0.717) is 29.2 Å². The van der Waals surface area contributed by atoms with E-state index in [1.165, 1.54) is 11.8 Å². The van der Waals surface area contributed by atoms with Crippen LogP contribution in [0, 0.1) is 13.8 Å². The summed E-state index contributed by atoms with van der Waals surface area (Å²) >= 11 is 1.33. The van der Waals surface area contributed by atoms with Crippen molar-refractivity contribution in [1.29, 1.82) is 0 Å². The van der Waals surface area contributed by atoms with Crippen LogP contribution in [0.1, 0.15) is 41.0 Å². The molecule has 1 unspecified atom stereocenters. The summed E-state index contributed by atoms with van der Waals surface area (Å²) in [4.78, 5) is 31.1. The van der Waals surface area contributed by atoms with E-state index in [2.05, 4.69) is 4.57 Å². The Bertz CT molecular complexity index is 1190. The maximum atomic E-state index is 13.2. The van der Waals surface area contributed by atoms with E-state index < -0.39 is 0 Å². The standard InChI is InChI=1S/C25H31N3O4S/c1-17-14-21(18(2)27(17)11-7-12-31-3)23(29)16-33-25-26-22-10-5-4-9-20(22)24(30)28(25)15-19-8-6-13-32-19/h4-5,9-10,14,19H,6-8,11-13,15-16H2,1-3H3. The molecule has 0 amide bonds. The van der Waals surface area contributed by atoms with E-state index in [4.69, 9.17) is 14.5 Å². The summed E-state index contributed by atoms with van der Waals surface area (Å²) in [5, 5.41) is 1.15. The quantitative estimate of drug-likeness (QED) is 0.193. The highest BCUT2D eigenvalue weighted by Gasteiger charge is 2.22. The Kier molecular flexibility index (Phi) is 7.67. The van der Waals surface area contributed by atoms with Crippen LogP contribution < -0.4 is 5.56 Å². The number of Topliss-reactive ketones (excluding diaryl/α,β-unsaturated/α-hetero) is 1. The lowest BCUT2D eigenvalue weighted by Crippen LogP contribution is -2.29. The predicted molar refractivity (Wildman–Crippen MR) is 130 cm³/mol. The van der Waals surface area contributed by atoms with Crippen LogP contribution in [-0.4, -0.2) is 52.1 Å². The summed E-state index contributed by atoms with van der Waals surface area (Å²) in [6.07, 6.45) is 2.83. The predicted octanol–water partition coefficient (Wildman–Crippen LogP) is 4.01. The van der Waals surface area contributed by atoms with Crippen molar-refractivity contribution in [2.75, 3.05) is 26.1 Å². The number of hydrogen-bond acceptors (Lipinski definition) is 6. The summed E-state index contributed by atoms with van der Waals surface area (Å²) in [7, 11) is 1.70. The van der Waals surface area contributed by atoms with Crippen LogP contribution in [0.4, 0.5) is 0 Å². The Labute approximate surface area is 198 Å². The Balaban J connectivity index is 1.57. The lowest BCUT2D eigenvalue weighted by atomic mass is 10.2. The third kappa shape index (κ3) is 5.23. The van der Waals surface area contributed by atoms with Gasteiger partial charge in [-0.25, -0.2) is 4.98 Å². The fourth-order valence-corrected chi connectivity index (χ4v) is 5.31. The van der Waals surface area contributed by atoms with E-state index in [0.717, 1.165) is 49.4 Å². The minimum absolute atomic E-state index is 0.00624. The number of aromatic nitrogens is 3. The molecule has 1 aromatic carbocycles. The van der Waals surface area contributed by atoms with Gasteiger partial charge in [0, 0.05) is 43.8 Å². The molecular formula is C25H31N3O4S. The zero-order chi connectivity index (χ0) is 23.4. The van der Waals surface area contributed by atoms with Crippen LogP contribution >= 0.6 is 11.8 Å². The van der Waals surface area contributed by atoms with Crippen LogP contribution in [0.3, 0.4) is 0 Å². The second-order valence-electron chi connectivity index (χ2n) is 8.46. The number of para-hydroxylation sites is 1. The summed E-state index contributed by atoms with van der Waals surface area (Å²) in [6.45, 7) is 6.70. The third-order valence-electron chi connectivity index (χ3n) is 6.17. The van der Waals surface area contributed by atoms with Crippen LogP contribution in [0.15, 0.2) is 40.3 Å². The number of thioether (sulfide) groups is 1. The van der Waals surface area contributed by atoms with E-state index in [1.807, 2.05) is 38.1 Å². The first-order chi connectivity index (χ1) is 16.0. The number of benzene rings is 1. The number of nitrogens with zero attached hydrogens (tertiary/aromatic N) is 3. The number of carbonyl (C=O) groups excluding carboxylic acids is 1. The van der Waals surface area contributed by atoms with Gasteiger partial charge < -0.3 is 14.0 Å². The van der Waals surface area contributed by atoms with Gasteiger partial charge in [0.15, 0.2) is 10.9 Å². The van der Waals surface area contributed by atoms with Crippen LogP contribution in [0.5, 0.6) is 0 Å². The van der Waals surface area contributed by atoms with Gasteiger partial charge >= 0.3 is 0 Å². The van der Waals surface area contributed by atoms with Gasteiger partial charge in [0.1, 0.15) is 0 Å². The highest BCUT2D eigenvalue weighted by molar-refractivity contribution is 7.99. The van der Waals surface area contributed by atoms with Gasteiger partial charge in [-0.3, -0.25) is 14.2 Å². The largest absolute Gasteiger partial charge is 0.385 e. The van der Waals surface area contributed by atoms with E-state index >= 15 is 0 Å². The smallest absolute Gasteiger partial charge is 0.262 e. The molecule has 33 heavy (non-hydrogen) atoms. The first kappa shape index (κ1) is 23.7. The molecule has 8 heteroatoms. The van der Waals surface area contributed by atoms with Gasteiger partial charge in [-0.1, -0.05) is 23.9 Å². The number of ketones is 1. The lowest BCUT2D eigenvalue weighted by molar-refractivity contribution is 0.0937. The third-order valence-corrected chi connectivity index (χ3v) is 7.15. The molecule has 1 fully saturated rings. The van der Waals surface area contributed by atoms with Gasteiger partial charge in [-0.05, 0) is 51.3 Å². The SMILES string of the molecule is COCCCn1c(C)cc(C(=O)CSc2nc3ccccc3c(=O)n2CC2CCCO2)c1C. The zero-order valence-electron chi connectivity index (χ0n) is 19.5. The molecule has 4 rings (SSSR count). The summed E-state index contributed by atoms with van der Waals surface area (Å²) in [6, 6.07) is 9.32.